The summed E-state index contributed by atoms with van der Waals surface area (Å²) in [5.74, 6) is 0.462. The van der Waals surface area contributed by atoms with Crippen LogP contribution in [0, 0.1) is 0 Å². The van der Waals surface area contributed by atoms with Crippen LogP contribution in [0.25, 0.3) is 5.69 Å². The van der Waals surface area contributed by atoms with Crippen LogP contribution in [0.3, 0.4) is 0 Å². The summed E-state index contributed by atoms with van der Waals surface area (Å²) in [5, 5.41) is 13.8. The molecule has 2 aromatic heterocycles. The smallest absolute Gasteiger partial charge is 0.255 e. The summed E-state index contributed by atoms with van der Waals surface area (Å²) in [4.78, 5) is 23.2. The fourth-order valence-electron chi connectivity index (χ4n) is 2.74. The van der Waals surface area contributed by atoms with Gasteiger partial charge in [0.2, 0.25) is 5.95 Å². The fraction of sp³-hybridized carbons (Fsp3) is 0.250. The third kappa shape index (κ3) is 3.30. The van der Waals surface area contributed by atoms with Crippen molar-refractivity contribution in [3.8, 4) is 5.69 Å². The first-order valence-electron chi connectivity index (χ1n) is 8.01. The van der Waals surface area contributed by atoms with E-state index >= 15 is 0 Å². The summed E-state index contributed by atoms with van der Waals surface area (Å²) < 4.78 is 1.49. The zero-order valence-corrected chi connectivity index (χ0v) is 13.4. The summed E-state index contributed by atoms with van der Waals surface area (Å²) in [7, 11) is 0. The summed E-state index contributed by atoms with van der Waals surface area (Å²) in [5.41, 5.74) is 1.76. The first-order chi connectivity index (χ1) is 12.3. The lowest BCUT2D eigenvalue weighted by Gasteiger charge is -2.14. The Morgan fingerprint density at radius 3 is 2.64 bits per heavy atom. The van der Waals surface area contributed by atoms with Crippen LogP contribution in [0.15, 0.2) is 43.0 Å². The second kappa shape index (κ2) is 6.63. The molecule has 0 radical (unpaired) electrons. The Balaban J connectivity index is 1.47. The minimum absolute atomic E-state index is 0.243. The van der Waals surface area contributed by atoms with Crippen molar-refractivity contribution >= 4 is 17.5 Å². The number of aromatic nitrogens is 6. The molecule has 0 saturated carbocycles. The third-order valence-electron chi connectivity index (χ3n) is 4.01. The number of hydrogen-bond donors (Lipinski definition) is 1. The molecule has 126 valence electrons. The van der Waals surface area contributed by atoms with Gasteiger partial charge in [0.15, 0.2) is 0 Å². The second-order valence-electron chi connectivity index (χ2n) is 5.72. The predicted octanol–water partition coefficient (Wildman–Crippen LogP) is 1.30. The van der Waals surface area contributed by atoms with Gasteiger partial charge in [0.25, 0.3) is 5.91 Å². The molecule has 4 rings (SSSR count). The second-order valence-corrected chi connectivity index (χ2v) is 5.72. The molecule has 1 saturated heterocycles. The molecule has 9 nitrogen and oxygen atoms in total. The molecule has 0 atom stereocenters. The maximum Gasteiger partial charge on any atom is 0.255 e. The number of carbonyl (C=O) groups excluding carboxylic acids is 1. The molecule has 1 fully saturated rings. The number of tetrazole rings is 1. The Kier molecular flexibility index (Phi) is 4.03. The lowest BCUT2D eigenvalue weighted by Crippen LogP contribution is -2.20. The highest BCUT2D eigenvalue weighted by Crippen LogP contribution is 2.17. The third-order valence-corrected chi connectivity index (χ3v) is 4.01. The minimum Gasteiger partial charge on any atom is -0.341 e. The Morgan fingerprint density at radius 1 is 1.12 bits per heavy atom. The monoisotopic (exact) mass is 336 g/mol. The highest BCUT2D eigenvalue weighted by Gasteiger charge is 2.15. The number of nitrogens with zero attached hydrogens (tertiary/aromatic N) is 7. The van der Waals surface area contributed by atoms with Crippen molar-refractivity contribution in [2.75, 3.05) is 23.3 Å². The van der Waals surface area contributed by atoms with E-state index in [-0.39, 0.29) is 5.91 Å². The molecule has 1 amide bonds. The highest BCUT2D eigenvalue weighted by molar-refractivity contribution is 6.04. The van der Waals surface area contributed by atoms with Gasteiger partial charge in [0, 0.05) is 18.7 Å². The number of anilines is 2. The molecule has 0 unspecified atom stereocenters. The van der Waals surface area contributed by atoms with Crippen molar-refractivity contribution in [2.45, 2.75) is 12.8 Å². The SMILES string of the molecule is O=C(Nc1cnc(N2CCCC2)nc1)c1cccc(-n2cnnn2)c1. The Labute approximate surface area is 143 Å². The van der Waals surface area contributed by atoms with Gasteiger partial charge in [-0.25, -0.2) is 14.6 Å². The summed E-state index contributed by atoms with van der Waals surface area (Å²) in [6.45, 7) is 1.96. The van der Waals surface area contributed by atoms with Gasteiger partial charge >= 0.3 is 0 Å². The van der Waals surface area contributed by atoms with Crippen LogP contribution >= 0.6 is 0 Å². The van der Waals surface area contributed by atoms with Crippen LogP contribution in [0.5, 0.6) is 0 Å². The van der Waals surface area contributed by atoms with Crippen molar-refractivity contribution in [3.63, 3.8) is 0 Å². The van der Waals surface area contributed by atoms with Crippen molar-refractivity contribution in [3.05, 3.63) is 48.5 Å². The van der Waals surface area contributed by atoms with E-state index in [9.17, 15) is 4.79 Å². The molecule has 0 aliphatic carbocycles. The lowest BCUT2D eigenvalue weighted by molar-refractivity contribution is 0.102. The van der Waals surface area contributed by atoms with Gasteiger partial charge < -0.3 is 10.2 Å². The molecule has 0 spiro atoms. The summed E-state index contributed by atoms with van der Waals surface area (Å²) in [6, 6.07) is 7.04. The van der Waals surface area contributed by atoms with E-state index in [1.807, 2.05) is 6.07 Å². The molecule has 1 N–H and O–H groups in total. The number of nitrogens with one attached hydrogen (secondary N) is 1. The molecule has 1 aromatic carbocycles. The van der Waals surface area contributed by atoms with E-state index in [2.05, 4.69) is 35.7 Å². The molecule has 1 aliphatic rings. The van der Waals surface area contributed by atoms with E-state index in [1.54, 1.807) is 30.6 Å². The first kappa shape index (κ1) is 15.2. The highest BCUT2D eigenvalue weighted by atomic mass is 16.1. The van der Waals surface area contributed by atoms with Crippen LogP contribution in [0.1, 0.15) is 23.2 Å². The molecule has 3 aromatic rings. The lowest BCUT2D eigenvalue weighted by atomic mass is 10.2. The van der Waals surface area contributed by atoms with Crippen LogP contribution in [-0.4, -0.2) is 49.2 Å². The molecule has 9 heteroatoms. The maximum absolute atomic E-state index is 12.4. The normalized spacial score (nSPS) is 13.8. The van der Waals surface area contributed by atoms with Gasteiger partial charge in [0.1, 0.15) is 6.33 Å². The van der Waals surface area contributed by atoms with Gasteiger partial charge in [0.05, 0.1) is 23.8 Å². The largest absolute Gasteiger partial charge is 0.341 e. The average Bonchev–Trinajstić information content (AvgIpc) is 3.36. The molecular weight excluding hydrogens is 320 g/mol. The van der Waals surface area contributed by atoms with Gasteiger partial charge in [-0.1, -0.05) is 6.07 Å². The average molecular weight is 336 g/mol. The van der Waals surface area contributed by atoms with Gasteiger partial charge in [-0.05, 0) is 41.5 Å². The van der Waals surface area contributed by atoms with Crippen LogP contribution < -0.4 is 10.2 Å². The molecule has 1 aliphatic heterocycles. The molecule has 0 bridgehead atoms. The fourth-order valence-corrected chi connectivity index (χ4v) is 2.74. The van der Waals surface area contributed by atoms with Crippen LogP contribution in [-0.2, 0) is 0 Å². The van der Waals surface area contributed by atoms with Crippen LogP contribution in [0.4, 0.5) is 11.6 Å². The number of carbonyl (C=O) groups is 1. The number of hydrogen-bond acceptors (Lipinski definition) is 7. The van der Waals surface area contributed by atoms with E-state index < -0.39 is 0 Å². The predicted molar refractivity (Wildman–Crippen MR) is 90.6 cm³/mol. The number of benzene rings is 1. The van der Waals surface area contributed by atoms with E-state index in [4.69, 9.17) is 0 Å². The maximum atomic E-state index is 12.4. The molecule has 3 heterocycles. The van der Waals surface area contributed by atoms with Gasteiger partial charge in [-0.15, -0.1) is 5.10 Å². The van der Waals surface area contributed by atoms with Crippen molar-refractivity contribution in [2.24, 2.45) is 0 Å². The topological polar surface area (TPSA) is 102 Å². The van der Waals surface area contributed by atoms with Crippen molar-refractivity contribution < 1.29 is 4.79 Å². The first-order valence-corrected chi connectivity index (χ1v) is 8.01. The van der Waals surface area contributed by atoms with Gasteiger partial charge in [-0.3, -0.25) is 4.79 Å². The summed E-state index contributed by atoms with van der Waals surface area (Å²) in [6.07, 6.45) is 7.06. The van der Waals surface area contributed by atoms with Crippen molar-refractivity contribution in [1.29, 1.82) is 0 Å². The minimum atomic E-state index is -0.243. The van der Waals surface area contributed by atoms with Crippen LogP contribution in [0.2, 0.25) is 0 Å². The number of rotatable bonds is 4. The van der Waals surface area contributed by atoms with E-state index in [1.165, 1.54) is 23.9 Å². The van der Waals surface area contributed by atoms with E-state index in [0.717, 1.165) is 13.1 Å². The Morgan fingerprint density at radius 2 is 1.92 bits per heavy atom. The van der Waals surface area contributed by atoms with Crippen molar-refractivity contribution in [1.82, 2.24) is 30.2 Å². The Hall–Kier alpha value is -3.36. The zero-order chi connectivity index (χ0) is 17.1. The Bertz CT molecular complexity index is 856. The standard InChI is InChI=1S/C16H16N8O/c25-15(12-4-3-5-14(8-12)24-11-19-21-22-24)20-13-9-17-16(18-10-13)23-6-1-2-7-23/h3-5,8-11H,1-2,6-7H2,(H,20,25). The van der Waals surface area contributed by atoms with Gasteiger partial charge in [-0.2, -0.15) is 0 Å². The molecule has 25 heavy (non-hydrogen) atoms. The molecular formula is C16H16N8O. The number of amides is 1. The summed E-state index contributed by atoms with van der Waals surface area (Å²) >= 11 is 0. The van der Waals surface area contributed by atoms with E-state index in [0.29, 0.717) is 22.9 Å². The zero-order valence-electron chi connectivity index (χ0n) is 13.4. The quantitative estimate of drug-likeness (QED) is 0.766.